The summed E-state index contributed by atoms with van der Waals surface area (Å²) in [7, 11) is 2.18. The van der Waals surface area contributed by atoms with Gasteiger partial charge in [0.1, 0.15) is 11.9 Å². The zero-order chi connectivity index (χ0) is 9.54. The Balaban J connectivity index is 2.01. The smallest absolute Gasteiger partial charge is 0.123 e. The minimum atomic E-state index is 0.411. The average Bonchev–Trinajstić information content (AvgIpc) is 2.17. The van der Waals surface area contributed by atoms with Crippen LogP contribution in [0.2, 0.25) is 0 Å². The van der Waals surface area contributed by atoms with Crippen molar-refractivity contribution >= 4 is 0 Å². The lowest BCUT2D eigenvalue weighted by atomic mass is 9.86. The van der Waals surface area contributed by atoms with Gasteiger partial charge in [0, 0.05) is 19.0 Å². The Bertz CT molecular complexity index is 350. The van der Waals surface area contributed by atoms with Crippen molar-refractivity contribution in [2.24, 2.45) is 0 Å². The molecule has 1 aromatic carbocycles. The highest BCUT2D eigenvalue weighted by molar-refractivity contribution is 5.39. The Morgan fingerprint density at radius 1 is 1.29 bits per heavy atom. The topological polar surface area (TPSA) is 12.5 Å². The first-order valence-electron chi connectivity index (χ1n) is 5.27. The van der Waals surface area contributed by atoms with Gasteiger partial charge in [-0.05, 0) is 25.1 Å². The van der Waals surface area contributed by atoms with Crippen molar-refractivity contribution in [3.8, 4) is 5.75 Å². The number of hydrogen-bond acceptors (Lipinski definition) is 2. The molecular formula is C12H15NO. The molecule has 2 bridgehead atoms. The van der Waals surface area contributed by atoms with Crippen molar-refractivity contribution < 1.29 is 4.74 Å². The van der Waals surface area contributed by atoms with Gasteiger partial charge in [-0.2, -0.15) is 0 Å². The Hall–Kier alpha value is -1.02. The van der Waals surface area contributed by atoms with Crippen molar-refractivity contribution in [2.75, 3.05) is 20.1 Å². The maximum atomic E-state index is 5.93. The molecule has 2 heterocycles. The fourth-order valence-electron chi connectivity index (χ4n) is 2.68. The molecule has 2 unspecified atom stereocenters. The molecule has 0 amide bonds. The molecule has 0 aromatic heterocycles. The van der Waals surface area contributed by atoms with E-state index in [1.165, 1.54) is 18.5 Å². The Labute approximate surface area is 84.5 Å². The first-order valence-corrected chi connectivity index (χ1v) is 5.27. The summed E-state index contributed by atoms with van der Waals surface area (Å²) in [4.78, 5) is 2.37. The molecule has 0 aliphatic carbocycles. The molecule has 0 N–H and O–H groups in total. The van der Waals surface area contributed by atoms with Crippen LogP contribution in [0.15, 0.2) is 24.3 Å². The summed E-state index contributed by atoms with van der Waals surface area (Å²) in [6.45, 7) is 2.25. The quantitative estimate of drug-likeness (QED) is 0.617. The van der Waals surface area contributed by atoms with Gasteiger partial charge in [-0.1, -0.05) is 18.2 Å². The van der Waals surface area contributed by atoms with E-state index >= 15 is 0 Å². The third-order valence-electron chi connectivity index (χ3n) is 3.25. The van der Waals surface area contributed by atoms with E-state index < -0.39 is 0 Å². The molecule has 3 rings (SSSR count). The van der Waals surface area contributed by atoms with Crippen LogP contribution in [-0.4, -0.2) is 31.1 Å². The van der Waals surface area contributed by atoms with E-state index in [0.717, 1.165) is 12.3 Å². The fraction of sp³-hybridized carbons (Fsp3) is 0.500. The molecule has 2 aliphatic rings. The van der Waals surface area contributed by atoms with Crippen LogP contribution in [0.5, 0.6) is 5.75 Å². The zero-order valence-corrected chi connectivity index (χ0v) is 8.44. The second-order valence-corrected chi connectivity index (χ2v) is 4.43. The van der Waals surface area contributed by atoms with Gasteiger partial charge < -0.3 is 9.64 Å². The highest BCUT2D eigenvalue weighted by Gasteiger charge is 2.33. The lowest BCUT2D eigenvalue weighted by Crippen LogP contribution is -2.45. The molecule has 2 heteroatoms. The predicted octanol–water partition coefficient (Wildman–Crippen LogP) is 1.87. The van der Waals surface area contributed by atoms with Gasteiger partial charge in [0.05, 0.1) is 0 Å². The largest absolute Gasteiger partial charge is 0.489 e. The molecule has 14 heavy (non-hydrogen) atoms. The van der Waals surface area contributed by atoms with Crippen LogP contribution >= 0.6 is 0 Å². The van der Waals surface area contributed by atoms with Crippen LogP contribution in [0, 0.1) is 0 Å². The van der Waals surface area contributed by atoms with Gasteiger partial charge >= 0.3 is 0 Å². The number of piperidine rings is 1. The van der Waals surface area contributed by atoms with Gasteiger partial charge in [-0.3, -0.25) is 0 Å². The number of para-hydroxylation sites is 1. The number of rotatable bonds is 0. The molecule has 1 aromatic rings. The normalized spacial score (nSPS) is 30.6. The molecule has 1 fully saturated rings. The van der Waals surface area contributed by atoms with Gasteiger partial charge in [-0.15, -0.1) is 0 Å². The first kappa shape index (κ1) is 8.30. The molecule has 2 nitrogen and oxygen atoms in total. The maximum Gasteiger partial charge on any atom is 0.123 e. The fourth-order valence-corrected chi connectivity index (χ4v) is 2.68. The van der Waals surface area contributed by atoms with E-state index in [1.807, 2.05) is 0 Å². The molecule has 74 valence electrons. The summed E-state index contributed by atoms with van der Waals surface area (Å²) < 4.78 is 5.93. The van der Waals surface area contributed by atoms with Crippen LogP contribution < -0.4 is 4.74 Å². The molecule has 2 aliphatic heterocycles. The van der Waals surface area contributed by atoms with Crippen LogP contribution in [0.4, 0.5) is 0 Å². The van der Waals surface area contributed by atoms with Crippen LogP contribution in [0.3, 0.4) is 0 Å². The second kappa shape index (κ2) is 2.99. The van der Waals surface area contributed by atoms with Crippen LogP contribution in [0.1, 0.15) is 17.9 Å². The van der Waals surface area contributed by atoms with Crippen molar-refractivity contribution in [1.29, 1.82) is 0 Å². The van der Waals surface area contributed by atoms with E-state index in [1.54, 1.807) is 0 Å². The third kappa shape index (κ3) is 1.22. The van der Waals surface area contributed by atoms with Crippen molar-refractivity contribution in [3.05, 3.63) is 29.8 Å². The third-order valence-corrected chi connectivity index (χ3v) is 3.25. The van der Waals surface area contributed by atoms with Crippen molar-refractivity contribution in [3.63, 3.8) is 0 Å². The highest BCUT2D eigenvalue weighted by atomic mass is 16.5. The Morgan fingerprint density at radius 3 is 3.07 bits per heavy atom. The predicted molar refractivity (Wildman–Crippen MR) is 55.7 cm³/mol. The summed E-state index contributed by atoms with van der Waals surface area (Å²) in [6, 6.07) is 8.47. The molecular weight excluding hydrogens is 174 g/mol. The summed E-state index contributed by atoms with van der Waals surface area (Å²) >= 11 is 0. The average molecular weight is 189 g/mol. The molecule has 1 saturated heterocycles. The van der Waals surface area contributed by atoms with Gasteiger partial charge in [0.2, 0.25) is 0 Å². The number of benzene rings is 1. The zero-order valence-electron chi connectivity index (χ0n) is 8.44. The van der Waals surface area contributed by atoms with Gasteiger partial charge in [-0.25, -0.2) is 0 Å². The number of likely N-dealkylation sites (N-methyl/N-ethyl adjacent to an activating group) is 1. The monoisotopic (exact) mass is 189 g/mol. The van der Waals surface area contributed by atoms with Crippen molar-refractivity contribution in [1.82, 2.24) is 4.90 Å². The number of nitrogens with zero attached hydrogens (tertiary/aromatic N) is 1. The van der Waals surface area contributed by atoms with Gasteiger partial charge in [0.15, 0.2) is 0 Å². The molecule has 2 atom stereocenters. The summed E-state index contributed by atoms with van der Waals surface area (Å²) in [5.41, 5.74) is 1.40. The summed E-state index contributed by atoms with van der Waals surface area (Å²) in [5.74, 6) is 1.80. The second-order valence-electron chi connectivity index (χ2n) is 4.43. The molecule has 0 spiro atoms. The maximum absolute atomic E-state index is 5.93. The minimum Gasteiger partial charge on any atom is -0.489 e. The summed E-state index contributed by atoms with van der Waals surface area (Å²) in [5, 5.41) is 0. The number of fused-ring (bicyclic) bond motifs is 4. The SMILES string of the molecule is CN1CC2CC(C1)c1ccccc1O2. The van der Waals surface area contributed by atoms with Crippen LogP contribution in [0.25, 0.3) is 0 Å². The summed E-state index contributed by atoms with van der Waals surface area (Å²) in [6.07, 6.45) is 1.61. The number of ether oxygens (including phenoxy) is 1. The lowest BCUT2D eigenvalue weighted by molar-refractivity contribution is 0.0709. The molecule has 0 saturated carbocycles. The molecule has 0 radical (unpaired) electrons. The van der Waals surface area contributed by atoms with Crippen LogP contribution in [-0.2, 0) is 0 Å². The number of hydrogen-bond donors (Lipinski definition) is 0. The standard InChI is InChI=1S/C12H15NO/c1-13-7-9-6-10(8-13)14-12-5-3-2-4-11(9)12/h2-5,9-10H,6-8H2,1H3. The van der Waals surface area contributed by atoms with Crippen molar-refractivity contribution in [2.45, 2.75) is 18.4 Å². The Morgan fingerprint density at radius 2 is 2.14 bits per heavy atom. The van der Waals surface area contributed by atoms with E-state index in [9.17, 15) is 0 Å². The van der Waals surface area contributed by atoms with E-state index in [0.29, 0.717) is 12.0 Å². The van der Waals surface area contributed by atoms with E-state index in [2.05, 4.69) is 36.2 Å². The number of likely N-dealkylation sites (tertiary alicyclic amines) is 1. The van der Waals surface area contributed by atoms with E-state index in [-0.39, 0.29) is 0 Å². The Kier molecular flexibility index (Phi) is 1.77. The van der Waals surface area contributed by atoms with E-state index in [4.69, 9.17) is 4.74 Å². The highest BCUT2D eigenvalue weighted by Crippen LogP contribution is 2.38. The minimum absolute atomic E-state index is 0.411. The van der Waals surface area contributed by atoms with Gasteiger partial charge in [0.25, 0.3) is 0 Å². The lowest BCUT2D eigenvalue weighted by Gasteiger charge is -2.40. The first-order chi connectivity index (χ1) is 6.83.